The summed E-state index contributed by atoms with van der Waals surface area (Å²) in [4.78, 5) is 8.99. The Morgan fingerprint density at radius 3 is 2.57 bits per heavy atom. The summed E-state index contributed by atoms with van der Waals surface area (Å²) in [6.45, 7) is 6.40. The van der Waals surface area contributed by atoms with E-state index in [4.69, 9.17) is 9.47 Å². The number of hydrogen-bond donors (Lipinski definition) is 1. The molecule has 1 heterocycles. The molecule has 0 aliphatic carbocycles. The van der Waals surface area contributed by atoms with Crippen LogP contribution in [0.3, 0.4) is 0 Å². The Bertz CT molecular complexity index is 602. The fourth-order valence-electron chi connectivity index (χ4n) is 3.43. The number of methoxy groups -OCH3 is 1. The molecule has 160 valence electrons. The first-order valence-corrected chi connectivity index (χ1v) is 9.88. The number of nitrogens with one attached hydrogen (secondary N) is 1. The minimum atomic E-state index is 0. The molecule has 2 rings (SSSR count). The molecule has 0 radical (unpaired) electrons. The topological polar surface area (TPSA) is 49.3 Å². The van der Waals surface area contributed by atoms with Gasteiger partial charge in [-0.3, -0.25) is 4.99 Å². The van der Waals surface area contributed by atoms with Gasteiger partial charge < -0.3 is 24.6 Å². The summed E-state index contributed by atoms with van der Waals surface area (Å²) in [5.41, 5.74) is 3.81. The van der Waals surface area contributed by atoms with Crippen molar-refractivity contribution < 1.29 is 9.47 Å². The maximum atomic E-state index is 5.96. The van der Waals surface area contributed by atoms with E-state index < -0.39 is 0 Å². The highest BCUT2D eigenvalue weighted by Crippen LogP contribution is 2.20. The Kier molecular flexibility index (Phi) is 11.8. The molecule has 0 bridgehead atoms. The summed E-state index contributed by atoms with van der Waals surface area (Å²) in [5, 5.41) is 3.54. The minimum absolute atomic E-state index is 0. The SMILES string of the molecule is CN=C(NCc1ccc(C)cc1N(C)C)N1CCC(OCCCOC)CC1.I. The van der Waals surface area contributed by atoms with Gasteiger partial charge in [-0.05, 0) is 43.4 Å². The molecule has 1 saturated heterocycles. The van der Waals surface area contributed by atoms with Crippen molar-refractivity contribution in [1.29, 1.82) is 0 Å². The number of guanidine groups is 1. The lowest BCUT2D eigenvalue weighted by molar-refractivity contribution is 0.00990. The molecule has 1 aromatic rings. The maximum absolute atomic E-state index is 5.96. The Morgan fingerprint density at radius 1 is 1.25 bits per heavy atom. The number of likely N-dealkylation sites (tertiary alicyclic amines) is 1. The lowest BCUT2D eigenvalue weighted by Gasteiger charge is -2.34. The number of aryl methyl sites for hydroxylation is 1. The normalized spacial score (nSPS) is 15.3. The van der Waals surface area contributed by atoms with E-state index in [2.05, 4.69) is 59.3 Å². The monoisotopic (exact) mass is 504 g/mol. The first kappa shape index (κ1) is 25.0. The number of hydrogen-bond acceptors (Lipinski definition) is 4. The standard InChI is InChI=1S/C21H36N4O2.HI/c1-17-7-8-18(20(15-17)24(3)4)16-23-21(22-2)25-11-9-19(10-12-25)27-14-6-13-26-5;/h7-8,15,19H,6,9-14,16H2,1-5H3,(H,22,23);1H. The summed E-state index contributed by atoms with van der Waals surface area (Å²) in [6, 6.07) is 6.59. The largest absolute Gasteiger partial charge is 0.385 e. The average molecular weight is 504 g/mol. The molecule has 6 nitrogen and oxygen atoms in total. The van der Waals surface area contributed by atoms with Crippen molar-refractivity contribution in [2.75, 3.05) is 59.5 Å². The van der Waals surface area contributed by atoms with E-state index >= 15 is 0 Å². The second kappa shape index (κ2) is 13.2. The summed E-state index contributed by atoms with van der Waals surface area (Å²) >= 11 is 0. The molecule has 0 saturated carbocycles. The highest BCUT2D eigenvalue weighted by atomic mass is 127. The van der Waals surface area contributed by atoms with Gasteiger partial charge in [0.25, 0.3) is 0 Å². The molecule has 1 N–H and O–H groups in total. The lowest BCUT2D eigenvalue weighted by Crippen LogP contribution is -2.46. The first-order valence-electron chi connectivity index (χ1n) is 9.88. The van der Waals surface area contributed by atoms with Crippen LogP contribution in [0.2, 0.25) is 0 Å². The van der Waals surface area contributed by atoms with E-state index in [1.54, 1.807) is 7.11 Å². The highest BCUT2D eigenvalue weighted by Gasteiger charge is 2.22. The molecule has 1 aliphatic rings. The molecule has 0 atom stereocenters. The summed E-state index contributed by atoms with van der Waals surface area (Å²) in [5.74, 6) is 0.970. The van der Waals surface area contributed by atoms with Gasteiger partial charge in [-0.1, -0.05) is 12.1 Å². The number of halogens is 1. The molecule has 0 spiro atoms. The summed E-state index contributed by atoms with van der Waals surface area (Å²) in [6.07, 6.45) is 3.40. The van der Waals surface area contributed by atoms with Gasteiger partial charge in [0.15, 0.2) is 5.96 Å². The predicted octanol–water partition coefficient (Wildman–Crippen LogP) is 3.27. The van der Waals surface area contributed by atoms with Gasteiger partial charge in [-0.15, -0.1) is 24.0 Å². The van der Waals surface area contributed by atoms with Crippen molar-refractivity contribution in [2.45, 2.75) is 38.8 Å². The van der Waals surface area contributed by atoms with Crippen LogP contribution >= 0.6 is 24.0 Å². The van der Waals surface area contributed by atoms with Crippen molar-refractivity contribution in [3.63, 3.8) is 0 Å². The molecule has 1 fully saturated rings. The van der Waals surface area contributed by atoms with E-state index in [-0.39, 0.29) is 24.0 Å². The second-order valence-corrected chi connectivity index (χ2v) is 7.33. The molecule has 0 aromatic heterocycles. The molecule has 1 aromatic carbocycles. The lowest BCUT2D eigenvalue weighted by atomic mass is 10.1. The van der Waals surface area contributed by atoms with Crippen LogP contribution in [0, 0.1) is 6.92 Å². The van der Waals surface area contributed by atoms with Crippen LogP contribution in [0.25, 0.3) is 0 Å². The van der Waals surface area contributed by atoms with Crippen LogP contribution in [0.15, 0.2) is 23.2 Å². The van der Waals surface area contributed by atoms with E-state index in [0.717, 1.165) is 58.1 Å². The molecule has 7 heteroatoms. The van der Waals surface area contributed by atoms with E-state index in [1.807, 2.05) is 7.05 Å². The predicted molar refractivity (Wildman–Crippen MR) is 128 cm³/mol. The van der Waals surface area contributed by atoms with Gasteiger partial charge in [0.2, 0.25) is 0 Å². The van der Waals surface area contributed by atoms with Crippen molar-refractivity contribution in [3.05, 3.63) is 29.3 Å². The quantitative estimate of drug-likeness (QED) is 0.255. The van der Waals surface area contributed by atoms with Crippen LogP contribution in [-0.4, -0.2) is 71.5 Å². The number of anilines is 1. The van der Waals surface area contributed by atoms with Gasteiger partial charge in [-0.25, -0.2) is 0 Å². The Balaban J connectivity index is 0.00000392. The molecule has 0 amide bonds. The minimum Gasteiger partial charge on any atom is -0.385 e. The Morgan fingerprint density at radius 2 is 1.96 bits per heavy atom. The second-order valence-electron chi connectivity index (χ2n) is 7.33. The summed E-state index contributed by atoms with van der Waals surface area (Å²) in [7, 11) is 7.77. The fraction of sp³-hybridized carbons (Fsp3) is 0.667. The van der Waals surface area contributed by atoms with E-state index in [9.17, 15) is 0 Å². The van der Waals surface area contributed by atoms with Crippen molar-refractivity contribution in [1.82, 2.24) is 10.2 Å². The van der Waals surface area contributed by atoms with E-state index in [0.29, 0.717) is 6.10 Å². The smallest absolute Gasteiger partial charge is 0.193 e. The van der Waals surface area contributed by atoms with Crippen molar-refractivity contribution in [3.8, 4) is 0 Å². The first-order chi connectivity index (χ1) is 13.0. The number of rotatable bonds is 8. The Hall–Kier alpha value is -1.06. The number of piperidine rings is 1. The van der Waals surface area contributed by atoms with Crippen LogP contribution < -0.4 is 10.2 Å². The zero-order valence-corrected chi connectivity index (χ0v) is 20.4. The van der Waals surface area contributed by atoms with Gasteiger partial charge in [0.1, 0.15) is 0 Å². The number of benzene rings is 1. The third kappa shape index (κ3) is 7.75. The van der Waals surface area contributed by atoms with Gasteiger partial charge in [0.05, 0.1) is 6.10 Å². The van der Waals surface area contributed by atoms with E-state index in [1.165, 1.54) is 16.8 Å². The van der Waals surface area contributed by atoms with Crippen LogP contribution in [0.5, 0.6) is 0 Å². The molecule has 0 unspecified atom stereocenters. The third-order valence-electron chi connectivity index (χ3n) is 4.96. The van der Waals surface area contributed by atoms with Gasteiger partial charge >= 0.3 is 0 Å². The zero-order chi connectivity index (χ0) is 19.6. The third-order valence-corrected chi connectivity index (χ3v) is 4.96. The molecular weight excluding hydrogens is 467 g/mol. The van der Waals surface area contributed by atoms with Crippen molar-refractivity contribution >= 4 is 35.6 Å². The molecule has 28 heavy (non-hydrogen) atoms. The van der Waals surface area contributed by atoms with Crippen molar-refractivity contribution in [2.24, 2.45) is 4.99 Å². The zero-order valence-electron chi connectivity index (χ0n) is 18.0. The summed E-state index contributed by atoms with van der Waals surface area (Å²) < 4.78 is 11.0. The Labute approximate surface area is 187 Å². The number of aliphatic imine (C=N–C) groups is 1. The highest BCUT2D eigenvalue weighted by molar-refractivity contribution is 14.0. The molecule has 1 aliphatic heterocycles. The van der Waals surface area contributed by atoms with Crippen LogP contribution in [0.4, 0.5) is 5.69 Å². The van der Waals surface area contributed by atoms with Crippen LogP contribution in [0.1, 0.15) is 30.4 Å². The number of nitrogens with zero attached hydrogens (tertiary/aromatic N) is 3. The van der Waals surface area contributed by atoms with Gasteiger partial charge in [-0.2, -0.15) is 0 Å². The number of ether oxygens (including phenoxy) is 2. The van der Waals surface area contributed by atoms with Gasteiger partial charge in [0, 0.05) is 66.8 Å². The fourth-order valence-corrected chi connectivity index (χ4v) is 3.43. The molecular formula is C21H37IN4O2. The van der Waals surface area contributed by atoms with Crippen LogP contribution in [-0.2, 0) is 16.0 Å². The maximum Gasteiger partial charge on any atom is 0.193 e. The average Bonchev–Trinajstić information content (AvgIpc) is 2.67.